The zero-order valence-electron chi connectivity index (χ0n) is 26.3. The smallest absolute Gasteiger partial charge is 0.332 e. The van der Waals surface area contributed by atoms with Gasteiger partial charge in [-0.15, -0.1) is 0 Å². The molecule has 1 amide bonds. The van der Waals surface area contributed by atoms with Crippen molar-refractivity contribution < 1.29 is 23.8 Å². The number of amides is 1. The Morgan fingerprint density at radius 3 is 2.25 bits per heavy atom. The summed E-state index contributed by atoms with van der Waals surface area (Å²) in [5, 5.41) is 0. The molecule has 7 heteroatoms. The second-order valence-corrected chi connectivity index (χ2v) is 13.6. The molecule has 0 unspecified atom stereocenters. The predicted octanol–water partition coefficient (Wildman–Crippen LogP) is 6.67. The molecule has 1 saturated heterocycles. The monoisotopic (exact) mass is 552 g/mol. The van der Waals surface area contributed by atoms with E-state index < -0.39 is 23.2 Å². The largest absolute Gasteiger partial charge is 0.496 e. The number of hydrogen-bond donors (Lipinski definition) is 0. The van der Waals surface area contributed by atoms with Crippen molar-refractivity contribution in [3.63, 3.8) is 0 Å². The molecule has 3 atom stereocenters. The van der Waals surface area contributed by atoms with E-state index in [0.29, 0.717) is 30.8 Å². The number of benzene rings is 1. The van der Waals surface area contributed by atoms with Crippen molar-refractivity contribution in [2.75, 3.05) is 20.8 Å². The average molecular weight is 553 g/mol. The van der Waals surface area contributed by atoms with Crippen molar-refractivity contribution in [1.29, 1.82) is 0 Å². The third kappa shape index (κ3) is 6.68. The van der Waals surface area contributed by atoms with Crippen LogP contribution >= 0.6 is 0 Å². The molecule has 7 nitrogen and oxygen atoms in total. The molecule has 1 aromatic heterocycles. The number of likely N-dealkylation sites (tertiary alicyclic amines) is 1. The maximum absolute atomic E-state index is 14.7. The quantitative estimate of drug-likeness (QED) is 0.340. The molecule has 3 rings (SSSR count). The van der Waals surface area contributed by atoms with Crippen LogP contribution in [0.3, 0.4) is 0 Å². The van der Waals surface area contributed by atoms with Gasteiger partial charge >= 0.3 is 5.97 Å². The average Bonchev–Trinajstić information content (AvgIpc) is 3.16. The Balaban J connectivity index is 2.30. The van der Waals surface area contributed by atoms with Gasteiger partial charge in [0, 0.05) is 24.8 Å². The highest BCUT2D eigenvalue weighted by molar-refractivity contribution is 5.99. The molecule has 0 bridgehead atoms. The first-order valence-corrected chi connectivity index (χ1v) is 14.2. The normalized spacial score (nSPS) is 21.6. The number of aromatic nitrogens is 1. The van der Waals surface area contributed by atoms with Crippen LogP contribution in [0.2, 0.25) is 0 Å². The minimum Gasteiger partial charge on any atom is -0.496 e. The minimum atomic E-state index is -1.20. The second-order valence-electron chi connectivity index (χ2n) is 13.6. The van der Waals surface area contributed by atoms with Crippen LogP contribution in [0.1, 0.15) is 101 Å². The van der Waals surface area contributed by atoms with Gasteiger partial charge in [-0.1, -0.05) is 46.8 Å². The second kappa shape index (κ2) is 11.9. The van der Waals surface area contributed by atoms with Gasteiger partial charge in [0.05, 0.1) is 25.5 Å². The Bertz CT molecular complexity index is 1190. The summed E-state index contributed by atoms with van der Waals surface area (Å²) in [6.45, 7) is 18.4. The van der Waals surface area contributed by atoms with Crippen LogP contribution in [-0.2, 0) is 19.7 Å². The molecule has 0 aliphatic carbocycles. The number of rotatable bonds is 8. The van der Waals surface area contributed by atoms with Crippen LogP contribution < -0.4 is 4.74 Å². The van der Waals surface area contributed by atoms with Crippen molar-refractivity contribution in [3.05, 3.63) is 58.9 Å². The van der Waals surface area contributed by atoms with Crippen molar-refractivity contribution in [2.24, 2.45) is 11.8 Å². The maximum Gasteiger partial charge on any atom is 0.332 e. The molecular formula is C33H48N2O5. The number of pyridine rings is 1. The molecule has 1 fully saturated rings. The van der Waals surface area contributed by atoms with Crippen LogP contribution in [0, 0.1) is 18.8 Å². The summed E-state index contributed by atoms with van der Waals surface area (Å²) in [7, 11) is 3.27. The summed E-state index contributed by atoms with van der Waals surface area (Å²) in [6, 6.07) is 9.04. The summed E-state index contributed by atoms with van der Waals surface area (Å²) >= 11 is 0. The Morgan fingerprint density at radius 1 is 1.07 bits per heavy atom. The van der Waals surface area contributed by atoms with Gasteiger partial charge in [-0.05, 0) is 81.2 Å². The van der Waals surface area contributed by atoms with Gasteiger partial charge in [0.2, 0.25) is 0 Å². The van der Waals surface area contributed by atoms with Crippen LogP contribution in [0.25, 0.3) is 0 Å². The van der Waals surface area contributed by atoms with E-state index in [4.69, 9.17) is 19.2 Å². The number of carbonyl (C=O) groups excluding carboxylic acids is 2. The molecule has 1 aromatic carbocycles. The van der Waals surface area contributed by atoms with Gasteiger partial charge in [-0.2, -0.15) is 0 Å². The van der Waals surface area contributed by atoms with Crippen molar-refractivity contribution in [2.45, 2.75) is 97.8 Å². The molecule has 1 aliphatic rings. The first kappa shape index (κ1) is 31.6. The summed E-state index contributed by atoms with van der Waals surface area (Å²) in [4.78, 5) is 35.5. The standard InChI is InChI=1S/C33H48N2O5/c1-21(2)17-33(30(37)40-32(7,8)9)18-24(20-38-10)28(26-15-12-22(3)19-34-26)35(33)29(36)23-13-14-25(31(4,5)6)27(16-23)39-11/h12-16,19,21,24,28H,17-18,20H2,1-11H3/t24-,28-,33+/m1/s1. The summed E-state index contributed by atoms with van der Waals surface area (Å²) in [6.07, 6.45) is 2.67. The molecular weight excluding hydrogens is 504 g/mol. The highest BCUT2D eigenvalue weighted by atomic mass is 16.6. The maximum atomic E-state index is 14.7. The zero-order valence-corrected chi connectivity index (χ0v) is 26.3. The van der Waals surface area contributed by atoms with E-state index in [1.165, 1.54) is 0 Å². The van der Waals surface area contributed by atoms with E-state index in [0.717, 1.165) is 16.8 Å². The molecule has 0 N–H and O–H groups in total. The lowest BCUT2D eigenvalue weighted by molar-refractivity contribution is -0.168. The molecule has 0 saturated carbocycles. The van der Waals surface area contributed by atoms with Gasteiger partial charge < -0.3 is 19.1 Å². The summed E-state index contributed by atoms with van der Waals surface area (Å²) in [5.74, 6) is -0.0465. The fourth-order valence-electron chi connectivity index (χ4n) is 5.91. The van der Waals surface area contributed by atoms with Gasteiger partial charge in [-0.25, -0.2) is 4.79 Å². The Kier molecular flexibility index (Phi) is 9.40. The first-order chi connectivity index (χ1) is 18.5. The summed E-state index contributed by atoms with van der Waals surface area (Å²) < 4.78 is 17.5. The van der Waals surface area contributed by atoms with Crippen molar-refractivity contribution in [1.82, 2.24) is 9.88 Å². The molecule has 0 spiro atoms. The van der Waals surface area contributed by atoms with Crippen LogP contribution in [0.15, 0.2) is 36.5 Å². The van der Waals surface area contributed by atoms with Gasteiger partial charge in [0.1, 0.15) is 16.9 Å². The van der Waals surface area contributed by atoms with Gasteiger partial charge in [-0.3, -0.25) is 9.78 Å². The molecule has 2 aromatic rings. The van der Waals surface area contributed by atoms with E-state index >= 15 is 0 Å². The van der Waals surface area contributed by atoms with E-state index in [1.54, 1.807) is 31.4 Å². The lowest BCUT2D eigenvalue weighted by Gasteiger charge is -2.41. The SMILES string of the molecule is COC[C@H]1C[C@@](CC(C)C)(C(=O)OC(C)(C)C)N(C(=O)c2ccc(C(C)(C)C)c(OC)c2)[C@H]1c1ccc(C)cn1. The third-order valence-corrected chi connectivity index (χ3v) is 7.40. The number of nitrogens with zero attached hydrogens (tertiary/aromatic N) is 2. The Labute approximate surface area is 240 Å². The van der Waals surface area contributed by atoms with Crippen molar-refractivity contribution in [3.8, 4) is 5.75 Å². The lowest BCUT2D eigenvalue weighted by Crippen LogP contribution is -2.56. The third-order valence-electron chi connectivity index (χ3n) is 7.40. The molecule has 220 valence electrons. The number of methoxy groups -OCH3 is 2. The topological polar surface area (TPSA) is 78.0 Å². The molecule has 40 heavy (non-hydrogen) atoms. The van der Waals surface area contributed by atoms with Crippen LogP contribution in [0.4, 0.5) is 0 Å². The fraction of sp³-hybridized carbons (Fsp3) is 0.606. The van der Waals surface area contributed by atoms with Gasteiger partial charge in [0.25, 0.3) is 5.91 Å². The van der Waals surface area contributed by atoms with E-state index in [2.05, 4.69) is 34.6 Å². The molecule has 2 heterocycles. The van der Waals surface area contributed by atoms with E-state index in [9.17, 15) is 9.59 Å². The number of carbonyl (C=O) groups is 2. The van der Waals surface area contributed by atoms with E-state index in [1.807, 2.05) is 52.0 Å². The number of aryl methyl sites for hydroxylation is 1. The first-order valence-electron chi connectivity index (χ1n) is 14.2. The molecule has 0 radical (unpaired) electrons. The zero-order chi connectivity index (χ0) is 30.0. The predicted molar refractivity (Wildman–Crippen MR) is 158 cm³/mol. The van der Waals surface area contributed by atoms with E-state index in [-0.39, 0.29) is 23.2 Å². The Morgan fingerprint density at radius 2 is 1.75 bits per heavy atom. The van der Waals surface area contributed by atoms with Crippen LogP contribution in [-0.4, -0.2) is 53.7 Å². The number of ether oxygens (including phenoxy) is 3. The number of hydrogen-bond acceptors (Lipinski definition) is 6. The molecule has 1 aliphatic heterocycles. The van der Waals surface area contributed by atoms with Gasteiger partial charge in [0.15, 0.2) is 0 Å². The Hall–Kier alpha value is -2.93. The highest BCUT2D eigenvalue weighted by Gasteiger charge is 2.60. The lowest BCUT2D eigenvalue weighted by atomic mass is 9.83. The fourth-order valence-corrected chi connectivity index (χ4v) is 5.91. The van der Waals surface area contributed by atoms with Crippen LogP contribution in [0.5, 0.6) is 5.75 Å². The number of esters is 1. The van der Waals surface area contributed by atoms with Crippen molar-refractivity contribution >= 4 is 11.9 Å². The minimum absolute atomic E-state index is 0.119. The summed E-state index contributed by atoms with van der Waals surface area (Å²) in [5.41, 5.74) is 1.12. The highest BCUT2D eigenvalue weighted by Crippen LogP contribution is 2.51.